The minimum absolute atomic E-state index is 0.306. The molecule has 1 rings (SSSR count). The van der Waals surface area contributed by atoms with Gasteiger partial charge in [-0.05, 0) is 30.5 Å². The number of amides is 1. The number of rotatable bonds is 5. The molecule has 88 valence electrons. The lowest BCUT2D eigenvalue weighted by atomic mass is 10.0. The molecule has 4 heteroatoms. The third-order valence-corrected chi connectivity index (χ3v) is 2.56. The highest BCUT2D eigenvalue weighted by Gasteiger charge is 2.00. The zero-order valence-corrected chi connectivity index (χ0v) is 9.75. The molecule has 0 fully saturated rings. The lowest BCUT2D eigenvalue weighted by molar-refractivity contribution is 0.157. The van der Waals surface area contributed by atoms with Gasteiger partial charge in [0.1, 0.15) is 6.61 Å². The van der Waals surface area contributed by atoms with Gasteiger partial charge in [0.2, 0.25) is 0 Å². The van der Waals surface area contributed by atoms with Gasteiger partial charge >= 0.3 is 6.09 Å². The van der Waals surface area contributed by atoms with E-state index >= 15 is 0 Å². The van der Waals surface area contributed by atoms with Crippen molar-refractivity contribution >= 4 is 6.09 Å². The fourth-order valence-corrected chi connectivity index (χ4v) is 1.45. The van der Waals surface area contributed by atoms with Crippen LogP contribution in [-0.2, 0) is 11.3 Å². The summed E-state index contributed by atoms with van der Waals surface area (Å²) in [4.78, 5) is 10.3. The third kappa shape index (κ3) is 3.90. The van der Waals surface area contributed by atoms with Crippen LogP contribution < -0.4 is 11.1 Å². The second kappa shape index (κ2) is 6.12. The van der Waals surface area contributed by atoms with E-state index in [1.807, 2.05) is 6.07 Å². The Balaban J connectivity index is 2.32. The molecule has 0 aromatic heterocycles. The van der Waals surface area contributed by atoms with Crippen LogP contribution in [0.4, 0.5) is 4.79 Å². The van der Waals surface area contributed by atoms with Crippen molar-refractivity contribution in [1.29, 1.82) is 0 Å². The number of nitrogens with one attached hydrogen (secondary N) is 1. The van der Waals surface area contributed by atoms with E-state index in [0.717, 1.165) is 6.54 Å². The molecule has 0 unspecified atom stereocenters. The van der Waals surface area contributed by atoms with Gasteiger partial charge < -0.3 is 15.8 Å². The Morgan fingerprint density at radius 3 is 2.88 bits per heavy atom. The molecule has 0 aliphatic carbocycles. The van der Waals surface area contributed by atoms with Crippen LogP contribution in [0.5, 0.6) is 0 Å². The summed E-state index contributed by atoms with van der Waals surface area (Å²) in [5, 5.41) is 3.19. The summed E-state index contributed by atoms with van der Waals surface area (Å²) in [7, 11) is 0. The van der Waals surface area contributed by atoms with Crippen LogP contribution in [0.15, 0.2) is 18.2 Å². The lowest BCUT2D eigenvalue weighted by Gasteiger charge is -2.09. The molecule has 0 atom stereocenters. The predicted octanol–water partition coefficient (Wildman–Crippen LogP) is 1.49. The van der Waals surface area contributed by atoms with Crippen LogP contribution in [0.3, 0.4) is 0 Å². The molecule has 3 N–H and O–H groups in total. The minimum Gasteiger partial charge on any atom is -0.448 e. The van der Waals surface area contributed by atoms with E-state index in [0.29, 0.717) is 13.2 Å². The first kappa shape index (κ1) is 12.5. The summed E-state index contributed by atoms with van der Waals surface area (Å²) in [6.45, 7) is 5.88. The molecular weight excluding hydrogens is 204 g/mol. The highest BCUT2D eigenvalue weighted by molar-refractivity contribution is 5.64. The fraction of sp³-hybridized carbons (Fsp3) is 0.417. The Bertz CT molecular complexity index is 364. The summed E-state index contributed by atoms with van der Waals surface area (Å²) >= 11 is 0. The topological polar surface area (TPSA) is 64.3 Å². The Morgan fingerprint density at radius 2 is 2.19 bits per heavy atom. The zero-order chi connectivity index (χ0) is 12.0. The first-order chi connectivity index (χ1) is 7.61. The molecule has 0 bridgehead atoms. The van der Waals surface area contributed by atoms with Crippen LogP contribution in [0.1, 0.15) is 16.7 Å². The average Bonchev–Trinajstić information content (AvgIpc) is 2.23. The van der Waals surface area contributed by atoms with Gasteiger partial charge in [0.15, 0.2) is 0 Å². The van der Waals surface area contributed by atoms with Gasteiger partial charge in [-0.15, -0.1) is 0 Å². The first-order valence-electron chi connectivity index (χ1n) is 5.29. The van der Waals surface area contributed by atoms with E-state index in [9.17, 15) is 4.79 Å². The van der Waals surface area contributed by atoms with Gasteiger partial charge in [-0.2, -0.15) is 0 Å². The Hall–Kier alpha value is -1.55. The number of hydrogen-bond donors (Lipinski definition) is 2. The zero-order valence-electron chi connectivity index (χ0n) is 9.75. The average molecular weight is 222 g/mol. The summed E-state index contributed by atoms with van der Waals surface area (Å²) in [5.41, 5.74) is 8.69. The van der Waals surface area contributed by atoms with Crippen LogP contribution in [0.2, 0.25) is 0 Å². The second-order valence-corrected chi connectivity index (χ2v) is 3.70. The van der Waals surface area contributed by atoms with Crippen molar-refractivity contribution in [3.63, 3.8) is 0 Å². The normalized spacial score (nSPS) is 10.1. The molecule has 16 heavy (non-hydrogen) atoms. The van der Waals surface area contributed by atoms with E-state index in [2.05, 4.69) is 36.0 Å². The molecule has 0 saturated carbocycles. The van der Waals surface area contributed by atoms with E-state index in [1.54, 1.807) is 0 Å². The number of hydrogen-bond acceptors (Lipinski definition) is 3. The fourth-order valence-electron chi connectivity index (χ4n) is 1.45. The molecular formula is C12H18N2O2. The monoisotopic (exact) mass is 222 g/mol. The van der Waals surface area contributed by atoms with Gasteiger partial charge in [0.05, 0.1) is 0 Å². The van der Waals surface area contributed by atoms with E-state index < -0.39 is 6.09 Å². The van der Waals surface area contributed by atoms with E-state index in [1.165, 1.54) is 16.7 Å². The maximum absolute atomic E-state index is 10.3. The van der Waals surface area contributed by atoms with E-state index in [-0.39, 0.29) is 0 Å². The molecule has 0 radical (unpaired) electrons. The molecule has 0 aliphatic heterocycles. The van der Waals surface area contributed by atoms with Gasteiger partial charge in [-0.1, -0.05) is 18.2 Å². The number of primary amides is 1. The van der Waals surface area contributed by atoms with Crippen molar-refractivity contribution in [2.75, 3.05) is 13.2 Å². The van der Waals surface area contributed by atoms with Crippen LogP contribution >= 0.6 is 0 Å². The smallest absolute Gasteiger partial charge is 0.404 e. The Kier molecular flexibility index (Phi) is 4.79. The SMILES string of the molecule is Cc1cccc(CNCCOC(N)=O)c1C. The Morgan fingerprint density at radius 1 is 1.44 bits per heavy atom. The third-order valence-electron chi connectivity index (χ3n) is 2.56. The minimum atomic E-state index is -0.728. The summed E-state index contributed by atoms with van der Waals surface area (Å²) in [5.74, 6) is 0. The van der Waals surface area contributed by atoms with Crippen LogP contribution in [0, 0.1) is 13.8 Å². The molecule has 0 heterocycles. The van der Waals surface area contributed by atoms with Crippen molar-refractivity contribution in [3.8, 4) is 0 Å². The molecule has 1 amide bonds. The van der Waals surface area contributed by atoms with Crippen molar-refractivity contribution in [3.05, 3.63) is 34.9 Å². The van der Waals surface area contributed by atoms with Crippen molar-refractivity contribution < 1.29 is 9.53 Å². The standard InChI is InChI=1S/C12H18N2O2/c1-9-4-3-5-11(10(9)2)8-14-6-7-16-12(13)15/h3-5,14H,6-8H2,1-2H3,(H2,13,15). The highest BCUT2D eigenvalue weighted by atomic mass is 16.5. The maximum Gasteiger partial charge on any atom is 0.404 e. The summed E-state index contributed by atoms with van der Waals surface area (Å²) in [6, 6.07) is 6.22. The number of carbonyl (C=O) groups excluding carboxylic acids is 1. The summed E-state index contributed by atoms with van der Waals surface area (Å²) in [6.07, 6.45) is -0.728. The lowest BCUT2D eigenvalue weighted by Crippen LogP contribution is -2.23. The summed E-state index contributed by atoms with van der Waals surface area (Å²) < 4.78 is 4.61. The van der Waals surface area contributed by atoms with Gasteiger partial charge in [-0.25, -0.2) is 4.79 Å². The van der Waals surface area contributed by atoms with E-state index in [4.69, 9.17) is 5.73 Å². The molecule has 0 saturated heterocycles. The van der Waals surface area contributed by atoms with Crippen molar-refractivity contribution in [1.82, 2.24) is 5.32 Å². The van der Waals surface area contributed by atoms with Crippen LogP contribution in [0.25, 0.3) is 0 Å². The van der Waals surface area contributed by atoms with Crippen molar-refractivity contribution in [2.24, 2.45) is 5.73 Å². The molecule has 0 aliphatic rings. The quantitative estimate of drug-likeness (QED) is 0.742. The largest absolute Gasteiger partial charge is 0.448 e. The molecule has 1 aromatic carbocycles. The van der Waals surface area contributed by atoms with Gasteiger partial charge in [-0.3, -0.25) is 0 Å². The van der Waals surface area contributed by atoms with Crippen molar-refractivity contribution in [2.45, 2.75) is 20.4 Å². The number of nitrogens with two attached hydrogens (primary N) is 1. The number of carbonyl (C=O) groups is 1. The van der Waals surface area contributed by atoms with Gasteiger partial charge in [0, 0.05) is 13.1 Å². The highest BCUT2D eigenvalue weighted by Crippen LogP contribution is 2.11. The number of benzene rings is 1. The maximum atomic E-state index is 10.3. The predicted molar refractivity (Wildman–Crippen MR) is 63.2 cm³/mol. The number of aryl methyl sites for hydroxylation is 1. The number of ether oxygens (including phenoxy) is 1. The van der Waals surface area contributed by atoms with Gasteiger partial charge in [0.25, 0.3) is 0 Å². The molecule has 0 spiro atoms. The Labute approximate surface area is 95.8 Å². The van der Waals surface area contributed by atoms with Crippen LogP contribution in [-0.4, -0.2) is 19.2 Å². The first-order valence-corrected chi connectivity index (χ1v) is 5.29. The second-order valence-electron chi connectivity index (χ2n) is 3.70. The molecule has 4 nitrogen and oxygen atoms in total. The molecule has 1 aromatic rings.